The molecular formula is C26H37NO2. The van der Waals surface area contributed by atoms with E-state index >= 15 is 0 Å². The van der Waals surface area contributed by atoms with E-state index in [4.69, 9.17) is 4.74 Å². The summed E-state index contributed by atoms with van der Waals surface area (Å²) in [6, 6.07) is 18.7. The van der Waals surface area contributed by atoms with Crippen molar-refractivity contribution >= 4 is 0 Å². The molecule has 158 valence electrons. The van der Waals surface area contributed by atoms with E-state index in [1.165, 1.54) is 24.8 Å². The van der Waals surface area contributed by atoms with Crippen molar-refractivity contribution in [3.63, 3.8) is 0 Å². The number of ether oxygens (including phenoxy) is 1. The Labute approximate surface area is 176 Å². The molecular weight excluding hydrogens is 358 g/mol. The molecule has 3 heteroatoms. The summed E-state index contributed by atoms with van der Waals surface area (Å²) in [5.74, 6) is 0.910. The van der Waals surface area contributed by atoms with Crippen molar-refractivity contribution in [2.75, 3.05) is 26.2 Å². The fourth-order valence-electron chi connectivity index (χ4n) is 4.59. The van der Waals surface area contributed by atoms with Gasteiger partial charge in [-0.1, -0.05) is 68.7 Å². The van der Waals surface area contributed by atoms with Crippen molar-refractivity contribution in [3.05, 3.63) is 65.7 Å². The third-order valence-electron chi connectivity index (χ3n) is 6.24. The van der Waals surface area contributed by atoms with Gasteiger partial charge in [-0.15, -0.1) is 0 Å². The Morgan fingerprint density at radius 3 is 2.28 bits per heavy atom. The lowest BCUT2D eigenvalue weighted by atomic mass is 9.74. The van der Waals surface area contributed by atoms with E-state index in [2.05, 4.69) is 54.3 Å². The van der Waals surface area contributed by atoms with Crippen molar-refractivity contribution < 1.29 is 9.84 Å². The van der Waals surface area contributed by atoms with Crippen LogP contribution in [0.2, 0.25) is 0 Å². The minimum absolute atomic E-state index is 0.0475. The van der Waals surface area contributed by atoms with Gasteiger partial charge in [0.1, 0.15) is 5.75 Å². The van der Waals surface area contributed by atoms with Crippen LogP contribution in [-0.2, 0) is 5.60 Å². The molecule has 1 aliphatic rings. The minimum Gasteiger partial charge on any atom is -0.494 e. The maximum absolute atomic E-state index is 12.2. The van der Waals surface area contributed by atoms with Gasteiger partial charge in [-0.3, -0.25) is 0 Å². The Hall–Kier alpha value is -1.84. The smallest absolute Gasteiger partial charge is 0.119 e. The molecule has 1 aliphatic heterocycles. The van der Waals surface area contributed by atoms with Crippen LogP contribution in [-0.4, -0.2) is 36.2 Å². The van der Waals surface area contributed by atoms with Crippen LogP contribution >= 0.6 is 0 Å². The first kappa shape index (κ1) is 21.9. The standard InChI is InChI=1S/C26H37NO2/c1-3-5-18-26(28,23-14-16-24(17-15-23)29-4-2)25(22-12-8-6-9-13-22)21-27-19-10-7-11-20-27/h6,8-9,12-17,25,28H,3-5,7,10-11,18-21H2,1-2H3/t25-,26+/m1/s1. The third-order valence-corrected chi connectivity index (χ3v) is 6.24. The summed E-state index contributed by atoms with van der Waals surface area (Å²) < 4.78 is 5.63. The molecule has 0 amide bonds. The number of unbranched alkanes of at least 4 members (excludes halogenated alkanes) is 1. The van der Waals surface area contributed by atoms with Crippen molar-refractivity contribution in [1.82, 2.24) is 4.90 Å². The first-order chi connectivity index (χ1) is 14.2. The number of aliphatic hydroxyl groups is 1. The average molecular weight is 396 g/mol. The Balaban J connectivity index is 1.97. The second kappa shape index (κ2) is 10.8. The minimum atomic E-state index is -0.889. The number of benzene rings is 2. The zero-order valence-electron chi connectivity index (χ0n) is 18.1. The molecule has 1 saturated heterocycles. The molecule has 0 radical (unpaired) electrons. The molecule has 2 atom stereocenters. The molecule has 0 bridgehead atoms. The van der Waals surface area contributed by atoms with E-state index in [0.717, 1.165) is 50.2 Å². The van der Waals surface area contributed by atoms with Crippen LogP contribution < -0.4 is 4.74 Å². The normalized spacial score (nSPS) is 18.2. The lowest BCUT2D eigenvalue weighted by molar-refractivity contribution is -0.0164. The highest BCUT2D eigenvalue weighted by atomic mass is 16.5. The molecule has 2 aromatic rings. The highest BCUT2D eigenvalue weighted by Gasteiger charge is 2.40. The maximum Gasteiger partial charge on any atom is 0.119 e. The molecule has 1 heterocycles. The fourth-order valence-corrected chi connectivity index (χ4v) is 4.59. The van der Waals surface area contributed by atoms with Crippen LogP contribution in [0.25, 0.3) is 0 Å². The number of nitrogens with zero attached hydrogens (tertiary/aromatic N) is 1. The predicted molar refractivity (Wildman–Crippen MR) is 121 cm³/mol. The van der Waals surface area contributed by atoms with E-state index in [0.29, 0.717) is 6.61 Å². The van der Waals surface area contributed by atoms with Gasteiger partial charge in [-0.05, 0) is 62.5 Å². The van der Waals surface area contributed by atoms with Crippen LogP contribution in [0.15, 0.2) is 54.6 Å². The van der Waals surface area contributed by atoms with Crippen LogP contribution in [0, 0.1) is 0 Å². The van der Waals surface area contributed by atoms with Gasteiger partial charge in [0, 0.05) is 12.5 Å². The molecule has 0 spiro atoms. The van der Waals surface area contributed by atoms with Gasteiger partial charge in [0.25, 0.3) is 0 Å². The number of hydrogen-bond donors (Lipinski definition) is 1. The van der Waals surface area contributed by atoms with Crippen molar-refractivity contribution in [3.8, 4) is 5.75 Å². The van der Waals surface area contributed by atoms with Gasteiger partial charge in [0.2, 0.25) is 0 Å². The second-order valence-corrected chi connectivity index (χ2v) is 8.31. The fraction of sp³-hybridized carbons (Fsp3) is 0.538. The number of likely N-dealkylation sites (tertiary alicyclic amines) is 1. The summed E-state index contributed by atoms with van der Waals surface area (Å²) in [4.78, 5) is 2.55. The average Bonchev–Trinajstić information content (AvgIpc) is 2.78. The molecule has 1 N–H and O–H groups in total. The molecule has 0 aliphatic carbocycles. The van der Waals surface area contributed by atoms with Crippen molar-refractivity contribution in [1.29, 1.82) is 0 Å². The van der Waals surface area contributed by atoms with Gasteiger partial charge in [0.15, 0.2) is 0 Å². The summed E-state index contributed by atoms with van der Waals surface area (Å²) in [6.45, 7) is 8.02. The van der Waals surface area contributed by atoms with E-state index in [9.17, 15) is 5.11 Å². The van der Waals surface area contributed by atoms with E-state index in [1.54, 1.807) is 0 Å². The zero-order valence-corrected chi connectivity index (χ0v) is 18.1. The molecule has 3 nitrogen and oxygen atoms in total. The van der Waals surface area contributed by atoms with Crippen LogP contribution in [0.1, 0.15) is 69.4 Å². The summed E-state index contributed by atoms with van der Waals surface area (Å²) in [7, 11) is 0. The lowest BCUT2D eigenvalue weighted by Gasteiger charge is -2.41. The zero-order chi connectivity index (χ0) is 20.5. The Morgan fingerprint density at radius 1 is 0.966 bits per heavy atom. The highest BCUT2D eigenvalue weighted by Crippen LogP contribution is 2.42. The number of piperidine rings is 1. The summed E-state index contributed by atoms with van der Waals surface area (Å²) in [5, 5.41) is 12.2. The number of hydrogen-bond acceptors (Lipinski definition) is 3. The first-order valence-corrected chi connectivity index (χ1v) is 11.4. The predicted octanol–water partition coefficient (Wildman–Crippen LogP) is 5.73. The molecule has 0 saturated carbocycles. The summed E-state index contributed by atoms with van der Waals surface area (Å²) in [6.07, 6.45) is 6.70. The second-order valence-electron chi connectivity index (χ2n) is 8.31. The molecule has 2 aromatic carbocycles. The van der Waals surface area contributed by atoms with Crippen LogP contribution in [0.4, 0.5) is 0 Å². The van der Waals surface area contributed by atoms with Crippen molar-refractivity contribution in [2.45, 2.75) is 63.9 Å². The van der Waals surface area contributed by atoms with Crippen LogP contribution in [0.5, 0.6) is 5.75 Å². The summed E-state index contributed by atoms with van der Waals surface area (Å²) >= 11 is 0. The Morgan fingerprint density at radius 2 is 1.66 bits per heavy atom. The molecule has 0 unspecified atom stereocenters. The Bertz CT molecular complexity index is 709. The summed E-state index contributed by atoms with van der Waals surface area (Å²) in [5.41, 5.74) is 1.34. The largest absolute Gasteiger partial charge is 0.494 e. The SMILES string of the molecule is CCCC[C@](O)(c1ccc(OCC)cc1)[C@H](CN1CCCCC1)c1ccccc1. The first-order valence-electron chi connectivity index (χ1n) is 11.4. The van der Waals surface area contributed by atoms with Gasteiger partial charge >= 0.3 is 0 Å². The topological polar surface area (TPSA) is 32.7 Å². The van der Waals surface area contributed by atoms with Gasteiger partial charge in [-0.2, -0.15) is 0 Å². The monoisotopic (exact) mass is 395 g/mol. The van der Waals surface area contributed by atoms with Gasteiger partial charge in [-0.25, -0.2) is 0 Å². The quantitative estimate of drug-likeness (QED) is 0.557. The maximum atomic E-state index is 12.2. The van der Waals surface area contributed by atoms with E-state index in [-0.39, 0.29) is 5.92 Å². The van der Waals surface area contributed by atoms with Crippen LogP contribution in [0.3, 0.4) is 0 Å². The van der Waals surface area contributed by atoms with Gasteiger partial charge in [0.05, 0.1) is 12.2 Å². The third kappa shape index (κ3) is 5.61. The molecule has 29 heavy (non-hydrogen) atoms. The van der Waals surface area contributed by atoms with E-state index < -0.39 is 5.60 Å². The lowest BCUT2D eigenvalue weighted by Crippen LogP contribution is -2.42. The Kier molecular flexibility index (Phi) is 8.14. The molecule has 0 aromatic heterocycles. The molecule has 3 rings (SSSR count). The molecule has 1 fully saturated rings. The highest BCUT2D eigenvalue weighted by molar-refractivity contribution is 5.35. The van der Waals surface area contributed by atoms with Gasteiger partial charge < -0.3 is 14.7 Å². The number of rotatable bonds is 10. The van der Waals surface area contributed by atoms with Crippen molar-refractivity contribution in [2.24, 2.45) is 0 Å². The van der Waals surface area contributed by atoms with E-state index in [1.807, 2.05) is 19.1 Å².